The number of para-hydroxylation sites is 1. The summed E-state index contributed by atoms with van der Waals surface area (Å²) in [4.78, 5) is 4.32. The van der Waals surface area contributed by atoms with Gasteiger partial charge >= 0.3 is 0 Å². The summed E-state index contributed by atoms with van der Waals surface area (Å²) < 4.78 is 0. The molecule has 0 atom stereocenters. The number of rotatable bonds is 2. The van der Waals surface area contributed by atoms with Crippen LogP contribution in [0.5, 0.6) is 0 Å². The van der Waals surface area contributed by atoms with Gasteiger partial charge < -0.3 is 5.73 Å². The standard InChI is InChI=1S/C18H13N3/c19-12-16(13-6-2-1-3-7-13)18(20)15-10-11-21-17-9-5-4-8-14(15)17/h1-11H,20H2/b18-16-. The second kappa shape index (κ2) is 5.48. The number of nitrogens with two attached hydrogens (primary N) is 1. The fourth-order valence-electron chi connectivity index (χ4n) is 2.35. The van der Waals surface area contributed by atoms with Crippen LogP contribution in [0.15, 0.2) is 66.9 Å². The van der Waals surface area contributed by atoms with Gasteiger partial charge in [-0.3, -0.25) is 4.98 Å². The molecule has 100 valence electrons. The molecule has 2 N–H and O–H groups in total. The van der Waals surface area contributed by atoms with Gasteiger partial charge in [0.1, 0.15) is 6.07 Å². The van der Waals surface area contributed by atoms with Crippen LogP contribution in [0.4, 0.5) is 0 Å². The molecule has 2 aromatic carbocycles. The molecule has 0 aliphatic rings. The minimum atomic E-state index is 0.474. The minimum Gasteiger partial charge on any atom is -0.397 e. The third-order valence-electron chi connectivity index (χ3n) is 3.38. The van der Waals surface area contributed by atoms with Gasteiger partial charge in [-0.05, 0) is 17.7 Å². The van der Waals surface area contributed by atoms with Crippen LogP contribution < -0.4 is 5.73 Å². The lowest BCUT2D eigenvalue weighted by atomic mass is 9.99. The van der Waals surface area contributed by atoms with Crippen molar-refractivity contribution in [1.29, 1.82) is 5.26 Å². The molecule has 0 saturated carbocycles. The van der Waals surface area contributed by atoms with E-state index in [0.717, 1.165) is 22.0 Å². The van der Waals surface area contributed by atoms with Crippen LogP contribution in [0.25, 0.3) is 22.2 Å². The van der Waals surface area contributed by atoms with Crippen molar-refractivity contribution in [2.75, 3.05) is 0 Å². The molecule has 21 heavy (non-hydrogen) atoms. The molecule has 0 aliphatic heterocycles. The number of aromatic nitrogens is 1. The molecule has 3 rings (SSSR count). The molecule has 0 spiro atoms. The van der Waals surface area contributed by atoms with Crippen molar-refractivity contribution in [3.63, 3.8) is 0 Å². The minimum absolute atomic E-state index is 0.474. The Hall–Kier alpha value is -3.12. The summed E-state index contributed by atoms with van der Waals surface area (Å²) in [5.74, 6) is 0. The Bertz CT molecular complexity index is 853. The van der Waals surface area contributed by atoms with Gasteiger partial charge in [-0.1, -0.05) is 48.5 Å². The number of fused-ring (bicyclic) bond motifs is 1. The summed E-state index contributed by atoms with van der Waals surface area (Å²) in [5, 5.41) is 10.4. The Morgan fingerprint density at radius 2 is 1.67 bits per heavy atom. The second-order valence-corrected chi connectivity index (χ2v) is 4.64. The maximum atomic E-state index is 9.48. The van der Waals surface area contributed by atoms with E-state index in [1.807, 2.05) is 60.7 Å². The molecule has 0 unspecified atom stereocenters. The molecule has 3 nitrogen and oxygen atoms in total. The summed E-state index contributed by atoms with van der Waals surface area (Å²) in [5.41, 5.74) is 9.75. The van der Waals surface area contributed by atoms with E-state index in [1.165, 1.54) is 0 Å². The van der Waals surface area contributed by atoms with Crippen LogP contribution in [0.3, 0.4) is 0 Å². The number of hydrogen-bond donors (Lipinski definition) is 1. The van der Waals surface area contributed by atoms with Crippen molar-refractivity contribution in [3.05, 3.63) is 78.0 Å². The highest BCUT2D eigenvalue weighted by atomic mass is 14.7. The number of pyridine rings is 1. The van der Waals surface area contributed by atoms with Gasteiger partial charge in [0.05, 0.1) is 16.8 Å². The predicted molar refractivity (Wildman–Crippen MR) is 84.8 cm³/mol. The summed E-state index contributed by atoms with van der Waals surface area (Å²) in [7, 11) is 0. The first-order chi connectivity index (χ1) is 10.3. The van der Waals surface area contributed by atoms with Gasteiger partial charge in [-0.15, -0.1) is 0 Å². The molecule has 0 aliphatic carbocycles. The third kappa shape index (κ3) is 2.35. The topological polar surface area (TPSA) is 62.7 Å². The molecule has 3 aromatic rings. The van der Waals surface area contributed by atoms with Crippen molar-refractivity contribution in [3.8, 4) is 6.07 Å². The molecule has 3 heteroatoms. The smallest absolute Gasteiger partial charge is 0.102 e. The fraction of sp³-hybridized carbons (Fsp3) is 0. The van der Waals surface area contributed by atoms with Crippen LogP contribution in [0.1, 0.15) is 11.1 Å². The highest BCUT2D eigenvalue weighted by molar-refractivity contribution is 6.02. The molecular weight excluding hydrogens is 258 g/mol. The zero-order chi connectivity index (χ0) is 14.7. The number of allylic oxidation sites excluding steroid dienone is 1. The monoisotopic (exact) mass is 271 g/mol. The van der Waals surface area contributed by atoms with E-state index in [-0.39, 0.29) is 0 Å². The first kappa shape index (κ1) is 12.9. The van der Waals surface area contributed by atoms with Crippen LogP contribution in [0.2, 0.25) is 0 Å². The number of benzene rings is 2. The van der Waals surface area contributed by atoms with E-state index in [0.29, 0.717) is 11.3 Å². The van der Waals surface area contributed by atoms with E-state index in [4.69, 9.17) is 5.73 Å². The third-order valence-corrected chi connectivity index (χ3v) is 3.38. The lowest BCUT2D eigenvalue weighted by Gasteiger charge is -2.09. The van der Waals surface area contributed by atoms with Crippen molar-refractivity contribution in [2.45, 2.75) is 0 Å². The van der Waals surface area contributed by atoms with Gasteiger partial charge in [-0.2, -0.15) is 5.26 Å². The average Bonchev–Trinajstić information content (AvgIpc) is 2.56. The highest BCUT2D eigenvalue weighted by Crippen LogP contribution is 2.26. The van der Waals surface area contributed by atoms with Gasteiger partial charge in [0.2, 0.25) is 0 Å². The Morgan fingerprint density at radius 1 is 0.952 bits per heavy atom. The van der Waals surface area contributed by atoms with Crippen molar-refractivity contribution in [2.24, 2.45) is 5.73 Å². The molecule has 0 bridgehead atoms. The lowest BCUT2D eigenvalue weighted by Crippen LogP contribution is -2.02. The fourth-order valence-corrected chi connectivity index (χ4v) is 2.35. The number of nitriles is 1. The normalized spacial score (nSPS) is 11.8. The van der Waals surface area contributed by atoms with Gasteiger partial charge in [0.15, 0.2) is 0 Å². The lowest BCUT2D eigenvalue weighted by molar-refractivity contribution is 1.39. The largest absolute Gasteiger partial charge is 0.397 e. The van der Waals surface area contributed by atoms with E-state index in [2.05, 4.69) is 11.1 Å². The SMILES string of the molecule is N#C/C(=C(/N)c1ccnc2ccccc12)c1ccccc1. The second-order valence-electron chi connectivity index (χ2n) is 4.64. The Balaban J connectivity index is 2.26. The van der Waals surface area contributed by atoms with Crippen molar-refractivity contribution < 1.29 is 0 Å². The Kier molecular flexibility index (Phi) is 3.36. The van der Waals surface area contributed by atoms with E-state index < -0.39 is 0 Å². The summed E-state index contributed by atoms with van der Waals surface area (Å²) >= 11 is 0. The first-order valence-electron chi connectivity index (χ1n) is 6.60. The first-order valence-corrected chi connectivity index (χ1v) is 6.60. The quantitative estimate of drug-likeness (QED) is 0.724. The van der Waals surface area contributed by atoms with Gasteiger partial charge in [-0.25, -0.2) is 0 Å². The van der Waals surface area contributed by atoms with E-state index >= 15 is 0 Å². The molecule has 0 fully saturated rings. The zero-order valence-corrected chi connectivity index (χ0v) is 11.3. The molecule has 0 saturated heterocycles. The molecule has 0 amide bonds. The molecule has 1 aromatic heterocycles. The van der Waals surface area contributed by atoms with Crippen LogP contribution >= 0.6 is 0 Å². The highest BCUT2D eigenvalue weighted by Gasteiger charge is 2.11. The van der Waals surface area contributed by atoms with E-state index in [9.17, 15) is 5.26 Å². The summed E-state index contributed by atoms with van der Waals surface area (Å²) in [6.07, 6.45) is 1.71. The number of hydrogen-bond acceptors (Lipinski definition) is 3. The zero-order valence-electron chi connectivity index (χ0n) is 11.3. The van der Waals surface area contributed by atoms with Crippen LogP contribution in [-0.4, -0.2) is 4.98 Å². The Morgan fingerprint density at radius 3 is 2.43 bits per heavy atom. The Labute approximate surface area is 123 Å². The van der Waals surface area contributed by atoms with Crippen LogP contribution in [-0.2, 0) is 0 Å². The average molecular weight is 271 g/mol. The number of nitrogens with zero attached hydrogens (tertiary/aromatic N) is 2. The summed E-state index contributed by atoms with van der Waals surface area (Å²) in [6, 6.07) is 21.3. The summed E-state index contributed by atoms with van der Waals surface area (Å²) in [6.45, 7) is 0. The van der Waals surface area contributed by atoms with Gasteiger partial charge in [0, 0.05) is 17.1 Å². The van der Waals surface area contributed by atoms with Crippen LogP contribution in [0, 0.1) is 11.3 Å². The predicted octanol–water partition coefficient (Wildman–Crippen LogP) is 3.59. The maximum absolute atomic E-state index is 9.48. The van der Waals surface area contributed by atoms with Crippen molar-refractivity contribution >= 4 is 22.2 Å². The molecule has 1 heterocycles. The van der Waals surface area contributed by atoms with Crippen molar-refractivity contribution in [1.82, 2.24) is 4.98 Å². The molecule has 0 radical (unpaired) electrons. The van der Waals surface area contributed by atoms with Gasteiger partial charge in [0.25, 0.3) is 0 Å². The maximum Gasteiger partial charge on any atom is 0.102 e. The molecular formula is C18H13N3. The van der Waals surface area contributed by atoms with E-state index in [1.54, 1.807) is 6.20 Å².